The molecule has 3 rings (SSSR count). The minimum absolute atomic E-state index is 0.00113. The van der Waals surface area contributed by atoms with Crippen molar-refractivity contribution in [2.24, 2.45) is 5.73 Å². The molecule has 1 aliphatic rings. The third-order valence-electron chi connectivity index (χ3n) is 4.73. The smallest absolute Gasteiger partial charge is 0.278 e. The summed E-state index contributed by atoms with van der Waals surface area (Å²) in [5.74, 6) is -0.850. The maximum atomic E-state index is 13.3. The molecule has 0 atom stereocenters. The summed E-state index contributed by atoms with van der Waals surface area (Å²) in [6.07, 6.45) is 3.82. The third kappa shape index (κ3) is 4.45. The Morgan fingerprint density at radius 2 is 2.15 bits per heavy atom. The molecule has 0 unspecified atom stereocenters. The first kappa shape index (κ1) is 19.3. The van der Waals surface area contributed by atoms with E-state index in [-0.39, 0.29) is 29.3 Å². The van der Waals surface area contributed by atoms with E-state index >= 15 is 0 Å². The predicted molar refractivity (Wildman–Crippen MR) is 98.5 cm³/mol. The number of aromatic nitrogens is 2. The lowest BCUT2D eigenvalue weighted by atomic mass is 10.1. The molecule has 0 radical (unpaired) electrons. The van der Waals surface area contributed by atoms with Gasteiger partial charge in [0.1, 0.15) is 5.82 Å². The van der Waals surface area contributed by atoms with Gasteiger partial charge in [-0.05, 0) is 56.5 Å². The number of aryl methyl sites for hydroxylation is 1. The number of rotatable bonds is 6. The molecule has 1 fully saturated rings. The fraction of sp³-hybridized carbons (Fsp3) is 0.474. The van der Waals surface area contributed by atoms with E-state index in [0.717, 1.165) is 19.3 Å². The third-order valence-corrected chi connectivity index (χ3v) is 4.73. The number of nitrogens with two attached hydrogens (primary N) is 1. The lowest BCUT2D eigenvalue weighted by molar-refractivity contribution is 0.00822. The number of carbonyl (C=O) groups excluding carboxylic acids is 1. The van der Waals surface area contributed by atoms with Gasteiger partial charge in [-0.15, -0.1) is 0 Å². The number of piperidine rings is 1. The van der Waals surface area contributed by atoms with Crippen molar-refractivity contribution in [3.05, 3.63) is 41.5 Å². The summed E-state index contributed by atoms with van der Waals surface area (Å²) in [6, 6.07) is 4.26. The second-order valence-electron chi connectivity index (χ2n) is 6.74. The van der Waals surface area contributed by atoms with Crippen LogP contribution in [0.5, 0.6) is 5.75 Å². The highest BCUT2D eigenvalue weighted by molar-refractivity contribution is 5.94. The highest BCUT2D eigenvalue weighted by Gasteiger charge is 2.28. The Hall–Kier alpha value is -2.45. The fourth-order valence-electron chi connectivity index (χ4n) is 3.23. The summed E-state index contributed by atoms with van der Waals surface area (Å²) in [6.45, 7) is 4.08. The number of hydrogen-bond acceptors (Lipinski definition) is 5. The molecular formula is C19H25FN4O3. The summed E-state index contributed by atoms with van der Waals surface area (Å²) in [5, 5.41) is 14.4. The van der Waals surface area contributed by atoms with Crippen molar-refractivity contribution in [1.29, 1.82) is 0 Å². The Bertz CT molecular complexity index is 800. The number of ether oxygens (including phenoxy) is 1. The van der Waals surface area contributed by atoms with Crippen molar-refractivity contribution < 1.29 is 19.0 Å². The second-order valence-corrected chi connectivity index (χ2v) is 6.74. The van der Waals surface area contributed by atoms with Gasteiger partial charge in [0.25, 0.3) is 5.91 Å². The van der Waals surface area contributed by atoms with Crippen LogP contribution in [0, 0.1) is 12.7 Å². The first-order valence-electron chi connectivity index (χ1n) is 9.15. The average Bonchev–Trinajstić information content (AvgIpc) is 3.03. The van der Waals surface area contributed by atoms with Gasteiger partial charge in [-0.1, -0.05) is 0 Å². The molecule has 2 aromatic rings. The number of halogens is 1. The molecule has 7 nitrogen and oxygen atoms in total. The zero-order valence-electron chi connectivity index (χ0n) is 15.4. The van der Waals surface area contributed by atoms with Crippen LogP contribution in [-0.2, 0) is 4.74 Å². The van der Waals surface area contributed by atoms with Crippen molar-refractivity contribution in [1.82, 2.24) is 14.7 Å². The molecule has 1 saturated heterocycles. The van der Waals surface area contributed by atoms with Crippen LogP contribution in [0.2, 0.25) is 0 Å². The van der Waals surface area contributed by atoms with E-state index in [1.807, 2.05) is 0 Å². The Morgan fingerprint density at radius 3 is 2.81 bits per heavy atom. The zero-order chi connectivity index (χ0) is 19.4. The summed E-state index contributed by atoms with van der Waals surface area (Å²) >= 11 is 0. The summed E-state index contributed by atoms with van der Waals surface area (Å²) in [7, 11) is 0. The quantitative estimate of drug-likeness (QED) is 0.752. The molecule has 3 N–H and O–H groups in total. The molecule has 0 aliphatic carbocycles. The van der Waals surface area contributed by atoms with Crippen LogP contribution >= 0.6 is 0 Å². The predicted octanol–water partition coefficient (Wildman–Crippen LogP) is 2.00. The molecule has 1 amide bonds. The molecule has 1 aromatic carbocycles. The molecule has 27 heavy (non-hydrogen) atoms. The summed E-state index contributed by atoms with van der Waals surface area (Å²) < 4.78 is 20.4. The maximum Gasteiger partial charge on any atom is 0.278 e. The van der Waals surface area contributed by atoms with E-state index in [9.17, 15) is 14.3 Å². The summed E-state index contributed by atoms with van der Waals surface area (Å²) in [4.78, 5) is 14.4. The monoisotopic (exact) mass is 376 g/mol. The van der Waals surface area contributed by atoms with E-state index in [4.69, 9.17) is 10.5 Å². The molecule has 1 aromatic heterocycles. The molecule has 0 bridgehead atoms. The van der Waals surface area contributed by atoms with Crippen LogP contribution in [0.25, 0.3) is 5.69 Å². The van der Waals surface area contributed by atoms with Gasteiger partial charge in [-0.3, -0.25) is 4.79 Å². The van der Waals surface area contributed by atoms with E-state index in [0.29, 0.717) is 37.5 Å². The van der Waals surface area contributed by atoms with Gasteiger partial charge >= 0.3 is 0 Å². The van der Waals surface area contributed by atoms with Gasteiger partial charge in [0.2, 0.25) is 0 Å². The van der Waals surface area contributed by atoms with Crippen molar-refractivity contribution >= 4 is 5.91 Å². The first-order valence-corrected chi connectivity index (χ1v) is 9.15. The average molecular weight is 376 g/mol. The van der Waals surface area contributed by atoms with Crippen LogP contribution in [0.4, 0.5) is 4.39 Å². The number of amides is 1. The summed E-state index contributed by atoms with van der Waals surface area (Å²) in [5.41, 5.74) is 6.73. The fourth-order valence-corrected chi connectivity index (χ4v) is 3.23. The van der Waals surface area contributed by atoms with Crippen molar-refractivity contribution in [2.45, 2.75) is 32.3 Å². The number of aromatic hydroxyl groups is 1. The van der Waals surface area contributed by atoms with Crippen LogP contribution in [-0.4, -0.2) is 58.0 Å². The normalized spacial score (nSPS) is 15.3. The maximum absolute atomic E-state index is 13.3. The number of likely N-dealkylation sites (tertiary alicyclic amines) is 1. The molecule has 0 spiro atoms. The zero-order valence-corrected chi connectivity index (χ0v) is 15.4. The van der Waals surface area contributed by atoms with Gasteiger partial charge < -0.3 is 20.5 Å². The Balaban J connectivity index is 1.67. The number of carbonyl (C=O) groups is 1. The van der Waals surface area contributed by atoms with Crippen molar-refractivity contribution in [2.75, 3.05) is 26.2 Å². The Kier molecular flexibility index (Phi) is 6.08. The molecule has 1 aliphatic heterocycles. The standard InChI is InChI=1S/C19H25FN4O3/c1-13-11-14(20)3-4-16(13)24-12-17(25)18(22-24)19(26)23-8-5-15(6-9-23)27-10-2-7-21/h3-4,11-12,15,25H,2,5-10,21H2,1H3. The first-order chi connectivity index (χ1) is 13.0. The number of hydrogen-bond donors (Lipinski definition) is 2. The Morgan fingerprint density at radius 1 is 1.41 bits per heavy atom. The van der Waals surface area contributed by atoms with Gasteiger partial charge in [0, 0.05) is 19.7 Å². The molecule has 0 saturated carbocycles. The van der Waals surface area contributed by atoms with E-state index in [2.05, 4.69) is 5.10 Å². The van der Waals surface area contributed by atoms with Crippen molar-refractivity contribution in [3.63, 3.8) is 0 Å². The molecule has 2 heterocycles. The lowest BCUT2D eigenvalue weighted by Crippen LogP contribution is -2.41. The highest BCUT2D eigenvalue weighted by Crippen LogP contribution is 2.24. The molecule has 146 valence electrons. The Labute approximate surface area is 157 Å². The van der Waals surface area contributed by atoms with Gasteiger partial charge in [0.15, 0.2) is 11.4 Å². The van der Waals surface area contributed by atoms with Crippen molar-refractivity contribution in [3.8, 4) is 11.4 Å². The van der Waals surface area contributed by atoms with Crippen LogP contribution in [0.15, 0.2) is 24.4 Å². The van der Waals surface area contributed by atoms with Crippen LogP contribution in [0.3, 0.4) is 0 Å². The largest absolute Gasteiger partial charge is 0.504 e. The topological polar surface area (TPSA) is 93.6 Å². The van der Waals surface area contributed by atoms with E-state index < -0.39 is 0 Å². The molecular weight excluding hydrogens is 351 g/mol. The number of benzene rings is 1. The van der Waals surface area contributed by atoms with Gasteiger partial charge in [-0.25, -0.2) is 9.07 Å². The van der Waals surface area contributed by atoms with Gasteiger partial charge in [-0.2, -0.15) is 5.10 Å². The SMILES string of the molecule is Cc1cc(F)ccc1-n1cc(O)c(C(=O)N2CCC(OCCCN)CC2)n1. The van der Waals surface area contributed by atoms with Crippen LogP contribution in [0.1, 0.15) is 35.3 Å². The molecule has 8 heteroatoms. The number of nitrogens with zero attached hydrogens (tertiary/aromatic N) is 3. The van der Waals surface area contributed by atoms with Crippen LogP contribution < -0.4 is 5.73 Å². The van der Waals surface area contributed by atoms with E-state index in [1.54, 1.807) is 17.9 Å². The minimum Gasteiger partial charge on any atom is -0.504 e. The van der Waals surface area contributed by atoms with Gasteiger partial charge in [0.05, 0.1) is 18.0 Å². The highest BCUT2D eigenvalue weighted by atomic mass is 19.1. The van der Waals surface area contributed by atoms with E-state index in [1.165, 1.54) is 23.0 Å². The lowest BCUT2D eigenvalue weighted by Gasteiger charge is -2.31. The minimum atomic E-state index is -0.347. The second kappa shape index (κ2) is 8.49.